The number of aromatic nitrogens is 1. The highest BCUT2D eigenvalue weighted by Crippen LogP contribution is 2.20. The summed E-state index contributed by atoms with van der Waals surface area (Å²) in [7, 11) is -1.54. The van der Waals surface area contributed by atoms with Crippen LogP contribution in [0.15, 0.2) is 53.6 Å². The standard InChI is InChI=1S/C16H16N4O4S.H2O/c1-10(14-15(21)19-16(22)18-14)20-25(23)12-7-5-11(6-8-12)24-13-4-2-3-9-17-13;/h2-10,14,20H,1H3,(H2,18,19,21,22);1H2/t10-,14+,25?;/m1./s1. The lowest BCUT2D eigenvalue weighted by Gasteiger charge is -2.17. The van der Waals surface area contributed by atoms with Gasteiger partial charge < -0.3 is 15.5 Å². The number of ether oxygens (including phenoxy) is 1. The molecule has 3 amide bonds. The number of benzene rings is 1. The van der Waals surface area contributed by atoms with Crippen LogP contribution in [-0.4, -0.2) is 38.7 Å². The zero-order valence-electron chi connectivity index (χ0n) is 13.8. The summed E-state index contributed by atoms with van der Waals surface area (Å²) in [5, 5.41) is 4.61. The molecule has 10 heteroatoms. The molecule has 1 saturated heterocycles. The number of hydrogen-bond donors (Lipinski definition) is 3. The Morgan fingerprint density at radius 3 is 2.50 bits per heavy atom. The fourth-order valence-electron chi connectivity index (χ4n) is 2.25. The molecule has 1 aromatic heterocycles. The second kappa shape index (κ2) is 8.52. The third-order valence-corrected chi connectivity index (χ3v) is 4.78. The van der Waals surface area contributed by atoms with Crippen LogP contribution in [0.4, 0.5) is 4.79 Å². The van der Waals surface area contributed by atoms with Crippen LogP contribution >= 0.6 is 0 Å². The van der Waals surface area contributed by atoms with Crippen LogP contribution in [0.3, 0.4) is 0 Å². The Balaban J connectivity index is 0.00000243. The normalized spacial score (nSPS) is 18.3. The van der Waals surface area contributed by atoms with E-state index >= 15 is 0 Å². The van der Waals surface area contributed by atoms with Gasteiger partial charge in [-0.1, -0.05) is 6.07 Å². The van der Waals surface area contributed by atoms with Crippen molar-refractivity contribution in [2.75, 3.05) is 0 Å². The molecule has 3 rings (SSSR count). The van der Waals surface area contributed by atoms with Gasteiger partial charge in [0.25, 0.3) is 5.91 Å². The first-order valence-electron chi connectivity index (χ1n) is 7.51. The van der Waals surface area contributed by atoms with Crippen molar-refractivity contribution < 1.29 is 24.0 Å². The largest absolute Gasteiger partial charge is 0.439 e. The van der Waals surface area contributed by atoms with Gasteiger partial charge in [-0.15, -0.1) is 0 Å². The third-order valence-electron chi connectivity index (χ3n) is 3.50. The maximum Gasteiger partial charge on any atom is 0.322 e. The highest BCUT2D eigenvalue weighted by molar-refractivity contribution is 7.83. The van der Waals surface area contributed by atoms with Gasteiger partial charge in [0.15, 0.2) is 0 Å². The second-order valence-corrected chi connectivity index (χ2v) is 6.60. The number of urea groups is 1. The summed E-state index contributed by atoms with van der Waals surface area (Å²) < 4.78 is 20.7. The van der Waals surface area contributed by atoms with Crippen molar-refractivity contribution in [3.63, 3.8) is 0 Å². The first-order chi connectivity index (χ1) is 12.0. The van der Waals surface area contributed by atoms with Gasteiger partial charge in [0.1, 0.15) is 22.8 Å². The smallest absolute Gasteiger partial charge is 0.322 e. The fraction of sp³-hybridized carbons (Fsp3) is 0.188. The van der Waals surface area contributed by atoms with Gasteiger partial charge in [-0.05, 0) is 37.3 Å². The molecule has 0 bridgehead atoms. The number of pyridine rings is 1. The minimum atomic E-state index is -1.54. The second-order valence-electron chi connectivity index (χ2n) is 5.36. The van der Waals surface area contributed by atoms with E-state index in [1.54, 1.807) is 49.5 Å². The predicted molar refractivity (Wildman–Crippen MR) is 93.8 cm³/mol. The van der Waals surface area contributed by atoms with Crippen molar-refractivity contribution in [3.8, 4) is 11.6 Å². The molecule has 1 aliphatic rings. The van der Waals surface area contributed by atoms with Gasteiger partial charge in [-0.25, -0.2) is 18.7 Å². The van der Waals surface area contributed by atoms with E-state index in [4.69, 9.17) is 4.74 Å². The lowest BCUT2D eigenvalue weighted by Crippen LogP contribution is -2.47. The number of amides is 3. The van der Waals surface area contributed by atoms with E-state index in [9.17, 15) is 13.8 Å². The van der Waals surface area contributed by atoms with Crippen LogP contribution in [0.2, 0.25) is 0 Å². The molecular formula is C16H18N4O5S. The van der Waals surface area contributed by atoms with Crippen LogP contribution in [0.1, 0.15) is 6.92 Å². The van der Waals surface area contributed by atoms with Crippen molar-refractivity contribution in [2.24, 2.45) is 0 Å². The Bertz CT molecular complexity index is 800. The molecule has 1 aromatic carbocycles. The number of carbonyl (C=O) groups excluding carboxylic acids is 2. The van der Waals surface area contributed by atoms with E-state index in [-0.39, 0.29) is 5.48 Å². The molecule has 1 unspecified atom stereocenters. The van der Waals surface area contributed by atoms with E-state index in [1.807, 2.05) is 6.07 Å². The van der Waals surface area contributed by atoms with E-state index in [0.717, 1.165) is 0 Å². The number of imide groups is 1. The van der Waals surface area contributed by atoms with Crippen molar-refractivity contribution in [1.29, 1.82) is 0 Å². The van der Waals surface area contributed by atoms with Gasteiger partial charge in [-0.3, -0.25) is 10.1 Å². The summed E-state index contributed by atoms with van der Waals surface area (Å²) in [6.45, 7) is 1.67. The number of hydrogen-bond acceptors (Lipinski definition) is 5. The number of nitrogens with one attached hydrogen (secondary N) is 3. The molecular weight excluding hydrogens is 360 g/mol. The molecule has 0 spiro atoms. The first-order valence-corrected chi connectivity index (χ1v) is 8.66. The minimum absolute atomic E-state index is 0. The van der Waals surface area contributed by atoms with Gasteiger partial charge in [-0.2, -0.15) is 0 Å². The number of carbonyl (C=O) groups is 2. The van der Waals surface area contributed by atoms with Crippen LogP contribution in [-0.2, 0) is 15.8 Å². The van der Waals surface area contributed by atoms with Crippen LogP contribution in [0.25, 0.3) is 0 Å². The zero-order chi connectivity index (χ0) is 17.8. The summed E-state index contributed by atoms with van der Waals surface area (Å²) in [5.74, 6) is 0.585. The van der Waals surface area contributed by atoms with E-state index < -0.39 is 35.0 Å². The highest BCUT2D eigenvalue weighted by atomic mass is 32.2. The number of rotatable bonds is 6. The fourth-order valence-corrected chi connectivity index (χ4v) is 3.24. The monoisotopic (exact) mass is 378 g/mol. The summed E-state index contributed by atoms with van der Waals surface area (Å²) in [6.07, 6.45) is 1.63. The topological polar surface area (TPSA) is 141 Å². The Morgan fingerprint density at radius 1 is 1.19 bits per heavy atom. The van der Waals surface area contributed by atoms with Gasteiger partial charge in [0.05, 0.1) is 4.90 Å². The van der Waals surface area contributed by atoms with Gasteiger partial charge >= 0.3 is 6.03 Å². The quantitative estimate of drug-likeness (QED) is 0.618. The molecule has 138 valence electrons. The Hall–Kier alpha value is -2.82. The molecule has 3 atom stereocenters. The number of nitrogens with zero attached hydrogens (tertiary/aromatic N) is 1. The minimum Gasteiger partial charge on any atom is -0.439 e. The van der Waals surface area contributed by atoms with Crippen LogP contribution in [0, 0.1) is 0 Å². The van der Waals surface area contributed by atoms with E-state index in [1.165, 1.54) is 0 Å². The van der Waals surface area contributed by atoms with Crippen LogP contribution < -0.4 is 20.1 Å². The molecule has 2 aromatic rings. The predicted octanol–water partition coefficient (Wildman–Crippen LogP) is 0.258. The summed E-state index contributed by atoms with van der Waals surface area (Å²) in [6, 6.07) is 10.2. The van der Waals surface area contributed by atoms with Crippen molar-refractivity contribution >= 4 is 22.9 Å². The SMILES string of the molecule is C[C@@H](NS(=O)c1ccc(Oc2ccccn2)cc1)[C@@H]1NC(=O)NC1=O.O. The third kappa shape index (κ3) is 4.63. The molecule has 5 N–H and O–H groups in total. The summed E-state index contributed by atoms with van der Waals surface area (Å²) >= 11 is 0. The highest BCUT2D eigenvalue weighted by Gasteiger charge is 2.34. The molecule has 0 radical (unpaired) electrons. The Labute approximate surface area is 152 Å². The van der Waals surface area contributed by atoms with Gasteiger partial charge in [0.2, 0.25) is 5.88 Å². The van der Waals surface area contributed by atoms with Crippen molar-refractivity contribution in [2.45, 2.75) is 23.9 Å². The average Bonchev–Trinajstić information content (AvgIpc) is 2.95. The van der Waals surface area contributed by atoms with E-state index in [0.29, 0.717) is 16.5 Å². The maximum atomic E-state index is 12.4. The maximum absolute atomic E-state index is 12.4. The lowest BCUT2D eigenvalue weighted by atomic mass is 10.1. The Morgan fingerprint density at radius 2 is 1.92 bits per heavy atom. The molecule has 0 saturated carbocycles. The van der Waals surface area contributed by atoms with Crippen molar-refractivity contribution in [3.05, 3.63) is 48.7 Å². The lowest BCUT2D eigenvalue weighted by molar-refractivity contribution is -0.120. The van der Waals surface area contributed by atoms with E-state index in [2.05, 4.69) is 20.3 Å². The molecule has 2 heterocycles. The van der Waals surface area contributed by atoms with Crippen molar-refractivity contribution in [1.82, 2.24) is 20.3 Å². The zero-order valence-corrected chi connectivity index (χ0v) is 14.6. The van der Waals surface area contributed by atoms with Crippen LogP contribution in [0.5, 0.6) is 11.6 Å². The molecule has 9 nitrogen and oxygen atoms in total. The molecule has 0 aliphatic carbocycles. The molecule has 1 aliphatic heterocycles. The Kier molecular flexibility index (Phi) is 6.39. The summed E-state index contributed by atoms with van der Waals surface area (Å²) in [5.41, 5.74) is 0. The molecule has 1 fully saturated rings. The average molecular weight is 378 g/mol. The van der Waals surface area contributed by atoms with Gasteiger partial charge in [0, 0.05) is 18.3 Å². The molecule has 26 heavy (non-hydrogen) atoms. The first kappa shape index (κ1) is 19.5. The summed E-state index contributed by atoms with van der Waals surface area (Å²) in [4.78, 5) is 27.3.